The largest absolute Gasteiger partial charge is 0.366 e. The van der Waals surface area contributed by atoms with Gasteiger partial charge in [0.25, 0.3) is 0 Å². The van der Waals surface area contributed by atoms with Crippen LogP contribution in [0.15, 0.2) is 78.2 Å². The van der Waals surface area contributed by atoms with Crippen LogP contribution in [0.3, 0.4) is 0 Å². The highest BCUT2D eigenvalue weighted by atomic mass is 32.2. The molecule has 1 amide bonds. The Morgan fingerprint density at radius 1 is 1.11 bits per heavy atom. The predicted octanol–water partition coefficient (Wildman–Crippen LogP) is 1.71. The number of nitrogens with one attached hydrogen (secondary N) is 1. The number of Topliss-reactive ketones (excluding diaryl/α,β-unsaturated/α-hetero) is 1. The molecule has 11 heteroatoms. The number of fused-ring (bicyclic) bond motifs is 1. The number of carbonyl (C=O) groups is 2. The Bertz CT molecular complexity index is 1580. The van der Waals surface area contributed by atoms with Crippen LogP contribution in [0.4, 0.5) is 0 Å². The second-order valence-electron chi connectivity index (χ2n) is 8.04. The maximum atomic E-state index is 13.5. The van der Waals surface area contributed by atoms with Gasteiger partial charge in [0, 0.05) is 35.8 Å². The van der Waals surface area contributed by atoms with Gasteiger partial charge in [0.05, 0.1) is 11.7 Å². The van der Waals surface area contributed by atoms with Gasteiger partial charge in [0.1, 0.15) is 16.9 Å². The molecule has 1 atom stereocenters. The lowest BCUT2D eigenvalue weighted by Gasteiger charge is -2.24. The minimum atomic E-state index is -3.96. The number of imidazole rings is 1. The maximum Gasteiger partial charge on any atom is 0.248 e. The molecule has 0 bridgehead atoms. The lowest BCUT2D eigenvalue weighted by molar-refractivity contribution is 0.0922. The molecule has 4 aromatic rings. The first-order valence-electron chi connectivity index (χ1n) is 10.6. The number of nitrogens with two attached hydrogens (primary N) is 2. The average Bonchev–Trinajstić information content (AvgIpc) is 3.29. The SMILES string of the molecule is NC(=O)c1cccc(-n2cnc3c2C(=O)C(c2ccc(-c4ccncc4S(N)(=O)=O)cc2)NC3)c1. The zero-order valence-corrected chi connectivity index (χ0v) is 19.1. The van der Waals surface area contributed by atoms with Crippen molar-refractivity contribution in [3.8, 4) is 16.8 Å². The fourth-order valence-electron chi connectivity index (χ4n) is 4.18. The number of nitrogens with zero attached hydrogens (tertiary/aromatic N) is 3. The highest BCUT2D eigenvalue weighted by Crippen LogP contribution is 2.31. The number of carbonyl (C=O) groups excluding carboxylic acids is 2. The second-order valence-corrected chi connectivity index (χ2v) is 9.57. The van der Waals surface area contributed by atoms with E-state index in [9.17, 15) is 18.0 Å². The molecule has 0 saturated heterocycles. The van der Waals surface area contributed by atoms with Crippen LogP contribution in [0.25, 0.3) is 16.8 Å². The summed E-state index contributed by atoms with van der Waals surface area (Å²) in [6.07, 6.45) is 4.24. The summed E-state index contributed by atoms with van der Waals surface area (Å²) in [5.74, 6) is -0.748. The van der Waals surface area contributed by atoms with Gasteiger partial charge in [-0.2, -0.15) is 0 Å². The number of amides is 1. The van der Waals surface area contributed by atoms with Crippen molar-refractivity contribution in [3.05, 3.63) is 95.8 Å². The first-order valence-corrected chi connectivity index (χ1v) is 12.1. The van der Waals surface area contributed by atoms with Crippen molar-refractivity contribution >= 4 is 21.7 Å². The Morgan fingerprint density at radius 2 is 1.89 bits per heavy atom. The van der Waals surface area contributed by atoms with E-state index in [2.05, 4.69) is 15.3 Å². The summed E-state index contributed by atoms with van der Waals surface area (Å²) in [6.45, 7) is 0.371. The van der Waals surface area contributed by atoms with E-state index < -0.39 is 22.0 Å². The molecule has 5 rings (SSSR count). The molecular weight excluding hydrogens is 468 g/mol. The molecule has 35 heavy (non-hydrogen) atoms. The number of benzene rings is 2. The molecule has 2 aromatic heterocycles. The molecule has 0 saturated carbocycles. The maximum absolute atomic E-state index is 13.5. The Morgan fingerprint density at radius 3 is 2.60 bits per heavy atom. The van der Waals surface area contributed by atoms with E-state index in [0.717, 1.165) is 0 Å². The van der Waals surface area contributed by atoms with Gasteiger partial charge >= 0.3 is 0 Å². The summed E-state index contributed by atoms with van der Waals surface area (Å²) in [5.41, 5.74) is 9.10. The fraction of sp³-hybridized carbons (Fsp3) is 0.0833. The predicted molar refractivity (Wildman–Crippen MR) is 127 cm³/mol. The van der Waals surface area contributed by atoms with Crippen molar-refractivity contribution in [2.24, 2.45) is 10.9 Å². The molecule has 176 valence electrons. The molecule has 1 unspecified atom stereocenters. The van der Waals surface area contributed by atoms with Gasteiger partial charge < -0.3 is 5.73 Å². The zero-order valence-electron chi connectivity index (χ0n) is 18.3. The lowest BCUT2D eigenvalue weighted by Crippen LogP contribution is -2.35. The van der Waals surface area contributed by atoms with E-state index in [1.165, 1.54) is 12.4 Å². The third-order valence-corrected chi connectivity index (χ3v) is 6.81. The quantitative estimate of drug-likeness (QED) is 0.385. The van der Waals surface area contributed by atoms with Gasteiger partial charge in [0.15, 0.2) is 0 Å². The summed E-state index contributed by atoms with van der Waals surface area (Å²) in [6, 6.07) is 14.6. The average molecular weight is 489 g/mol. The highest BCUT2D eigenvalue weighted by Gasteiger charge is 2.32. The van der Waals surface area contributed by atoms with Crippen LogP contribution in [0.1, 0.15) is 38.1 Å². The van der Waals surface area contributed by atoms with E-state index >= 15 is 0 Å². The molecule has 3 heterocycles. The molecule has 0 spiro atoms. The first kappa shape index (κ1) is 22.6. The van der Waals surface area contributed by atoms with E-state index in [-0.39, 0.29) is 10.7 Å². The standard InChI is InChI=1S/C24H20N6O4S/c25-24(32)16-2-1-3-17(10-16)30-13-29-19-11-28-21(23(31)22(19)30)15-6-4-14(5-7-15)18-8-9-27-12-20(18)35(26,33)34/h1-10,12-13,21,28H,11H2,(H2,25,32)(H2,26,33,34). The Hall–Kier alpha value is -4.19. The summed E-state index contributed by atoms with van der Waals surface area (Å²) in [5, 5.41) is 8.53. The molecule has 0 fully saturated rings. The minimum Gasteiger partial charge on any atom is -0.366 e. The topological polar surface area (TPSA) is 163 Å². The number of pyridine rings is 1. The minimum absolute atomic E-state index is 0.0775. The molecule has 1 aliphatic heterocycles. The molecule has 10 nitrogen and oxygen atoms in total. The Kier molecular flexibility index (Phi) is 5.52. The smallest absolute Gasteiger partial charge is 0.248 e. The normalized spacial score (nSPS) is 15.6. The first-order chi connectivity index (χ1) is 16.7. The van der Waals surface area contributed by atoms with Gasteiger partial charge in [-0.3, -0.25) is 24.5 Å². The number of primary amides is 1. The number of ketones is 1. The highest BCUT2D eigenvalue weighted by molar-refractivity contribution is 7.89. The van der Waals surface area contributed by atoms with Crippen LogP contribution in [0, 0.1) is 0 Å². The van der Waals surface area contributed by atoms with Crippen molar-refractivity contribution in [1.82, 2.24) is 19.9 Å². The van der Waals surface area contributed by atoms with Crippen LogP contribution in [-0.4, -0.2) is 34.6 Å². The molecule has 1 aliphatic rings. The monoisotopic (exact) mass is 488 g/mol. The number of primary sulfonamides is 1. The van der Waals surface area contributed by atoms with Crippen LogP contribution in [0.2, 0.25) is 0 Å². The molecular formula is C24H20N6O4S. The van der Waals surface area contributed by atoms with E-state index in [1.807, 2.05) is 0 Å². The van der Waals surface area contributed by atoms with Gasteiger partial charge in [-0.05, 0) is 35.4 Å². The summed E-state index contributed by atoms with van der Waals surface area (Å²) >= 11 is 0. The number of rotatable bonds is 5. The third-order valence-electron chi connectivity index (χ3n) is 5.87. The number of hydrogen-bond donors (Lipinski definition) is 3. The Labute approximate surface area is 200 Å². The summed E-state index contributed by atoms with van der Waals surface area (Å²) in [4.78, 5) is 33.2. The van der Waals surface area contributed by atoms with Gasteiger partial charge in [-0.1, -0.05) is 30.3 Å². The van der Waals surface area contributed by atoms with Crippen LogP contribution < -0.4 is 16.2 Å². The van der Waals surface area contributed by atoms with Crippen molar-refractivity contribution < 1.29 is 18.0 Å². The number of sulfonamides is 1. The van der Waals surface area contributed by atoms with E-state index in [1.54, 1.807) is 65.5 Å². The second kappa shape index (κ2) is 8.55. The molecule has 0 radical (unpaired) electrons. The lowest BCUT2D eigenvalue weighted by atomic mass is 9.94. The molecule has 2 aromatic carbocycles. The Balaban J connectivity index is 1.48. The van der Waals surface area contributed by atoms with Crippen molar-refractivity contribution in [2.45, 2.75) is 17.5 Å². The van der Waals surface area contributed by atoms with Crippen LogP contribution in [-0.2, 0) is 16.6 Å². The van der Waals surface area contributed by atoms with Gasteiger partial charge in [-0.15, -0.1) is 0 Å². The van der Waals surface area contributed by atoms with Gasteiger partial charge in [-0.25, -0.2) is 18.5 Å². The third kappa shape index (κ3) is 4.12. The van der Waals surface area contributed by atoms with Crippen LogP contribution >= 0.6 is 0 Å². The number of hydrogen-bond acceptors (Lipinski definition) is 7. The van der Waals surface area contributed by atoms with E-state index in [0.29, 0.717) is 45.9 Å². The molecule has 0 aliphatic carbocycles. The zero-order chi connectivity index (χ0) is 24.7. The van der Waals surface area contributed by atoms with Crippen molar-refractivity contribution in [1.29, 1.82) is 0 Å². The van der Waals surface area contributed by atoms with E-state index in [4.69, 9.17) is 10.9 Å². The van der Waals surface area contributed by atoms with Gasteiger partial charge in [0.2, 0.25) is 21.7 Å². The number of aromatic nitrogens is 3. The fourth-order valence-corrected chi connectivity index (χ4v) is 4.88. The summed E-state index contributed by atoms with van der Waals surface area (Å²) < 4.78 is 25.5. The molecule has 5 N–H and O–H groups in total. The van der Waals surface area contributed by atoms with Crippen molar-refractivity contribution in [3.63, 3.8) is 0 Å². The van der Waals surface area contributed by atoms with Crippen molar-refractivity contribution in [2.75, 3.05) is 0 Å². The van der Waals surface area contributed by atoms with Crippen LogP contribution in [0.5, 0.6) is 0 Å². The summed E-state index contributed by atoms with van der Waals surface area (Å²) in [7, 11) is -3.96.